The molecule has 1 rings (SSSR count). The Kier molecular flexibility index (Phi) is 5.65. The first kappa shape index (κ1) is 12.5. The van der Waals surface area contributed by atoms with Crippen molar-refractivity contribution < 1.29 is 9.90 Å². The number of carboxylic acids is 1. The summed E-state index contributed by atoms with van der Waals surface area (Å²) in [5.41, 5.74) is 0. The molecule has 88 valence electrons. The van der Waals surface area contributed by atoms with Gasteiger partial charge in [0.2, 0.25) is 0 Å². The number of likely N-dealkylation sites (N-methyl/N-ethyl adjacent to an activating group) is 1. The highest BCUT2D eigenvalue weighted by atomic mass is 16.4. The van der Waals surface area contributed by atoms with Crippen molar-refractivity contribution >= 4 is 5.97 Å². The second kappa shape index (κ2) is 6.80. The molecule has 1 fully saturated rings. The van der Waals surface area contributed by atoms with Crippen molar-refractivity contribution in [2.24, 2.45) is 0 Å². The molecule has 0 radical (unpaired) electrons. The summed E-state index contributed by atoms with van der Waals surface area (Å²) in [5.74, 6) is -0.779. The Bertz CT molecular complexity index is 189. The van der Waals surface area contributed by atoms with E-state index in [1.54, 1.807) is 7.05 Å². The fourth-order valence-corrected chi connectivity index (χ4v) is 2.08. The number of hydrogen-bond donors (Lipinski definition) is 3. The summed E-state index contributed by atoms with van der Waals surface area (Å²) in [6, 6.07) is 0.0518. The maximum atomic E-state index is 10.8. The first-order valence-corrected chi connectivity index (χ1v) is 5.87. The molecule has 4 nitrogen and oxygen atoms in total. The van der Waals surface area contributed by atoms with E-state index in [9.17, 15) is 4.79 Å². The molecule has 0 bridgehead atoms. The van der Waals surface area contributed by atoms with Crippen LogP contribution in [0.5, 0.6) is 0 Å². The molecule has 1 unspecified atom stereocenters. The van der Waals surface area contributed by atoms with E-state index in [0.29, 0.717) is 12.6 Å². The quantitative estimate of drug-likeness (QED) is 0.597. The Morgan fingerprint density at radius 1 is 1.33 bits per heavy atom. The Hall–Kier alpha value is -0.610. The second-order valence-electron chi connectivity index (χ2n) is 4.28. The third kappa shape index (κ3) is 4.62. The van der Waals surface area contributed by atoms with Crippen LogP contribution in [-0.4, -0.2) is 36.8 Å². The summed E-state index contributed by atoms with van der Waals surface area (Å²) >= 11 is 0. The van der Waals surface area contributed by atoms with Crippen molar-refractivity contribution in [3.05, 3.63) is 0 Å². The molecule has 0 spiro atoms. The second-order valence-corrected chi connectivity index (χ2v) is 4.28. The minimum Gasteiger partial charge on any atom is -0.480 e. The molecular formula is C11H22N2O2. The molecule has 1 aliphatic carbocycles. The SMILES string of the molecule is CNC(CNC1CCCCCC1)C(=O)O. The van der Waals surface area contributed by atoms with E-state index in [2.05, 4.69) is 10.6 Å². The minimum absolute atomic E-state index is 0.465. The number of nitrogens with one attached hydrogen (secondary N) is 2. The van der Waals surface area contributed by atoms with E-state index in [1.165, 1.54) is 38.5 Å². The molecule has 4 heteroatoms. The van der Waals surface area contributed by atoms with Gasteiger partial charge in [-0.05, 0) is 19.9 Å². The summed E-state index contributed by atoms with van der Waals surface area (Å²) in [5, 5.41) is 15.0. The van der Waals surface area contributed by atoms with Gasteiger partial charge in [0.1, 0.15) is 6.04 Å². The van der Waals surface area contributed by atoms with Gasteiger partial charge in [-0.25, -0.2) is 0 Å². The predicted octanol–water partition coefficient (Wildman–Crippen LogP) is 0.971. The van der Waals surface area contributed by atoms with E-state index in [4.69, 9.17) is 5.11 Å². The van der Waals surface area contributed by atoms with Gasteiger partial charge in [-0.15, -0.1) is 0 Å². The number of rotatable bonds is 5. The van der Waals surface area contributed by atoms with Crippen molar-refractivity contribution in [1.82, 2.24) is 10.6 Å². The fraction of sp³-hybridized carbons (Fsp3) is 0.909. The van der Waals surface area contributed by atoms with Crippen LogP contribution in [-0.2, 0) is 4.79 Å². The zero-order chi connectivity index (χ0) is 11.1. The molecule has 0 aliphatic heterocycles. The third-order valence-corrected chi connectivity index (χ3v) is 3.11. The maximum absolute atomic E-state index is 10.8. The Labute approximate surface area is 91.4 Å². The maximum Gasteiger partial charge on any atom is 0.322 e. The third-order valence-electron chi connectivity index (χ3n) is 3.11. The van der Waals surface area contributed by atoms with Gasteiger partial charge in [0.05, 0.1) is 0 Å². The van der Waals surface area contributed by atoms with Gasteiger partial charge in [-0.2, -0.15) is 0 Å². The van der Waals surface area contributed by atoms with Crippen molar-refractivity contribution in [2.75, 3.05) is 13.6 Å². The molecule has 0 aromatic heterocycles. The van der Waals surface area contributed by atoms with Gasteiger partial charge in [-0.3, -0.25) is 4.79 Å². The standard InChI is InChI=1S/C11H22N2O2/c1-12-10(11(14)15)8-13-9-6-4-2-3-5-7-9/h9-10,12-13H,2-8H2,1H3,(H,14,15). The zero-order valence-electron chi connectivity index (χ0n) is 9.46. The van der Waals surface area contributed by atoms with Crippen molar-refractivity contribution in [1.29, 1.82) is 0 Å². The topological polar surface area (TPSA) is 61.4 Å². The molecular weight excluding hydrogens is 192 g/mol. The molecule has 3 N–H and O–H groups in total. The summed E-state index contributed by atoms with van der Waals surface area (Å²) in [6.45, 7) is 0.524. The molecule has 1 atom stereocenters. The molecule has 15 heavy (non-hydrogen) atoms. The van der Waals surface area contributed by atoms with E-state index < -0.39 is 12.0 Å². The molecule has 1 aliphatic rings. The number of carbonyl (C=O) groups is 1. The highest BCUT2D eigenvalue weighted by Crippen LogP contribution is 2.16. The molecule has 0 amide bonds. The highest BCUT2D eigenvalue weighted by molar-refractivity contribution is 5.73. The van der Waals surface area contributed by atoms with Gasteiger partial charge >= 0.3 is 5.97 Å². The zero-order valence-corrected chi connectivity index (χ0v) is 9.46. The van der Waals surface area contributed by atoms with Crippen LogP contribution in [0.4, 0.5) is 0 Å². The summed E-state index contributed by atoms with van der Waals surface area (Å²) in [4.78, 5) is 10.8. The lowest BCUT2D eigenvalue weighted by Gasteiger charge is -2.19. The average Bonchev–Trinajstić information content (AvgIpc) is 2.46. The number of hydrogen-bond acceptors (Lipinski definition) is 3. The lowest BCUT2D eigenvalue weighted by molar-refractivity contribution is -0.139. The van der Waals surface area contributed by atoms with E-state index >= 15 is 0 Å². The van der Waals surface area contributed by atoms with E-state index in [-0.39, 0.29) is 0 Å². The summed E-state index contributed by atoms with van der Waals surface area (Å²) < 4.78 is 0. The fourth-order valence-electron chi connectivity index (χ4n) is 2.08. The van der Waals surface area contributed by atoms with Crippen molar-refractivity contribution in [2.45, 2.75) is 50.6 Å². The first-order chi connectivity index (χ1) is 7.24. The Morgan fingerprint density at radius 3 is 2.40 bits per heavy atom. The molecule has 0 heterocycles. The van der Waals surface area contributed by atoms with Gasteiger partial charge in [-0.1, -0.05) is 25.7 Å². The van der Waals surface area contributed by atoms with Crippen LogP contribution in [0, 0.1) is 0 Å². The van der Waals surface area contributed by atoms with Crippen molar-refractivity contribution in [3.63, 3.8) is 0 Å². The van der Waals surface area contributed by atoms with Crippen LogP contribution in [0.25, 0.3) is 0 Å². The van der Waals surface area contributed by atoms with Crippen LogP contribution < -0.4 is 10.6 Å². The molecule has 0 aromatic carbocycles. The van der Waals surface area contributed by atoms with Crippen LogP contribution in [0.2, 0.25) is 0 Å². The lowest BCUT2D eigenvalue weighted by Crippen LogP contribution is -2.45. The first-order valence-electron chi connectivity index (χ1n) is 5.87. The summed E-state index contributed by atoms with van der Waals surface area (Å²) in [6.07, 6.45) is 7.58. The smallest absolute Gasteiger partial charge is 0.322 e. The highest BCUT2D eigenvalue weighted by Gasteiger charge is 2.17. The van der Waals surface area contributed by atoms with Crippen LogP contribution in [0.3, 0.4) is 0 Å². The van der Waals surface area contributed by atoms with Gasteiger partial charge in [0.25, 0.3) is 0 Å². The number of carboxylic acid groups (broad SMARTS) is 1. The van der Waals surface area contributed by atoms with Crippen LogP contribution in [0.1, 0.15) is 38.5 Å². The summed E-state index contributed by atoms with van der Waals surface area (Å²) in [7, 11) is 1.69. The largest absolute Gasteiger partial charge is 0.480 e. The van der Waals surface area contributed by atoms with Crippen molar-refractivity contribution in [3.8, 4) is 0 Å². The Morgan fingerprint density at radius 2 is 1.93 bits per heavy atom. The Balaban J connectivity index is 2.24. The predicted molar refractivity (Wildman–Crippen MR) is 60.0 cm³/mol. The van der Waals surface area contributed by atoms with Crippen LogP contribution in [0.15, 0.2) is 0 Å². The molecule has 0 saturated heterocycles. The van der Waals surface area contributed by atoms with E-state index in [1.807, 2.05) is 0 Å². The van der Waals surface area contributed by atoms with Gasteiger partial charge < -0.3 is 15.7 Å². The molecule has 0 aromatic rings. The minimum atomic E-state index is -0.779. The lowest BCUT2D eigenvalue weighted by atomic mass is 10.1. The monoisotopic (exact) mass is 214 g/mol. The van der Waals surface area contributed by atoms with Crippen LogP contribution >= 0.6 is 0 Å². The average molecular weight is 214 g/mol. The van der Waals surface area contributed by atoms with Gasteiger partial charge in [0, 0.05) is 12.6 Å². The molecule has 1 saturated carbocycles. The normalized spacial score (nSPS) is 20.9. The number of aliphatic carboxylic acids is 1. The van der Waals surface area contributed by atoms with Gasteiger partial charge in [0.15, 0.2) is 0 Å². The van der Waals surface area contributed by atoms with E-state index in [0.717, 1.165) is 0 Å².